The summed E-state index contributed by atoms with van der Waals surface area (Å²) in [5, 5.41) is 8.21. The van der Waals surface area contributed by atoms with Crippen LogP contribution in [0.2, 0.25) is 0 Å². The third-order valence-electron chi connectivity index (χ3n) is 4.80. The number of carbonyl (C=O) groups excluding carboxylic acids is 1. The van der Waals surface area contributed by atoms with Crippen LogP contribution < -0.4 is 20.7 Å². The molecule has 1 aliphatic rings. The average Bonchev–Trinajstić information content (AvgIpc) is 3.12. The standard InChI is InChI=1S/C21H19F3N6O3S/c1-34(32,33)30-14-6-2-4-12(8-14)10-25-19-15(21(22,23)24)11-26-20(29-19)27-16-7-3-5-13-9-17(31)28-18(13)16/h2-8,11,30H,9-10H2,1H3,(H,28,31)(H2,25,26,27,29). The molecule has 0 radical (unpaired) electrons. The first kappa shape index (κ1) is 23.3. The van der Waals surface area contributed by atoms with Gasteiger partial charge in [0.2, 0.25) is 21.9 Å². The van der Waals surface area contributed by atoms with Crippen molar-refractivity contribution in [3.8, 4) is 0 Å². The molecule has 34 heavy (non-hydrogen) atoms. The molecule has 0 saturated heterocycles. The number of para-hydroxylation sites is 1. The molecule has 4 N–H and O–H groups in total. The minimum atomic E-state index is -4.71. The Morgan fingerprint density at radius 3 is 2.65 bits per heavy atom. The van der Waals surface area contributed by atoms with E-state index in [2.05, 4.69) is 30.6 Å². The molecular weight excluding hydrogens is 473 g/mol. The summed E-state index contributed by atoms with van der Waals surface area (Å²) in [4.78, 5) is 19.5. The van der Waals surface area contributed by atoms with E-state index in [0.29, 0.717) is 23.1 Å². The van der Waals surface area contributed by atoms with Gasteiger partial charge in [0.25, 0.3) is 0 Å². The lowest BCUT2D eigenvalue weighted by Crippen LogP contribution is -2.15. The van der Waals surface area contributed by atoms with Crippen LogP contribution in [0.5, 0.6) is 0 Å². The molecule has 0 bridgehead atoms. The van der Waals surface area contributed by atoms with E-state index in [1.54, 1.807) is 30.3 Å². The van der Waals surface area contributed by atoms with E-state index in [0.717, 1.165) is 11.8 Å². The molecule has 0 spiro atoms. The molecule has 0 fully saturated rings. The molecule has 1 amide bonds. The third-order valence-corrected chi connectivity index (χ3v) is 5.40. The molecule has 0 atom stereocenters. The molecule has 1 aromatic heterocycles. The van der Waals surface area contributed by atoms with Crippen molar-refractivity contribution in [1.82, 2.24) is 9.97 Å². The molecule has 4 rings (SSSR count). The normalized spacial score (nSPS) is 13.2. The average molecular weight is 492 g/mol. The number of sulfonamides is 1. The van der Waals surface area contributed by atoms with Gasteiger partial charge in [0.05, 0.1) is 24.1 Å². The largest absolute Gasteiger partial charge is 0.421 e. The monoisotopic (exact) mass is 492 g/mol. The van der Waals surface area contributed by atoms with Crippen molar-refractivity contribution in [2.24, 2.45) is 0 Å². The van der Waals surface area contributed by atoms with E-state index < -0.39 is 27.6 Å². The Kier molecular flexibility index (Phi) is 6.04. The van der Waals surface area contributed by atoms with Gasteiger partial charge in [-0.2, -0.15) is 18.2 Å². The van der Waals surface area contributed by atoms with Gasteiger partial charge in [0, 0.05) is 18.4 Å². The molecule has 3 aromatic rings. The molecule has 9 nitrogen and oxygen atoms in total. The maximum atomic E-state index is 13.5. The van der Waals surface area contributed by atoms with Crippen LogP contribution >= 0.6 is 0 Å². The number of amides is 1. The van der Waals surface area contributed by atoms with Gasteiger partial charge in [-0.25, -0.2) is 13.4 Å². The molecule has 2 heterocycles. The lowest BCUT2D eigenvalue weighted by molar-refractivity contribution is -0.137. The zero-order valence-corrected chi connectivity index (χ0v) is 18.5. The quantitative estimate of drug-likeness (QED) is 0.396. The summed E-state index contributed by atoms with van der Waals surface area (Å²) in [6.45, 7) is -0.0599. The minimum Gasteiger partial charge on any atom is -0.365 e. The summed E-state index contributed by atoms with van der Waals surface area (Å²) in [6.07, 6.45) is -2.83. The van der Waals surface area contributed by atoms with E-state index in [4.69, 9.17) is 0 Å². The smallest absolute Gasteiger partial charge is 0.365 e. The van der Waals surface area contributed by atoms with Crippen molar-refractivity contribution in [1.29, 1.82) is 0 Å². The fourth-order valence-corrected chi connectivity index (χ4v) is 3.96. The number of rotatable bonds is 7. The zero-order valence-electron chi connectivity index (χ0n) is 17.7. The Morgan fingerprint density at radius 2 is 1.91 bits per heavy atom. The number of nitrogens with one attached hydrogen (secondary N) is 4. The van der Waals surface area contributed by atoms with Crippen molar-refractivity contribution in [2.75, 3.05) is 26.9 Å². The Morgan fingerprint density at radius 1 is 1.15 bits per heavy atom. The van der Waals surface area contributed by atoms with Gasteiger partial charge in [0.15, 0.2) is 0 Å². The molecular formula is C21H19F3N6O3S. The van der Waals surface area contributed by atoms with E-state index >= 15 is 0 Å². The number of anilines is 5. The third kappa shape index (κ3) is 5.54. The Labute approximate surface area is 192 Å². The number of carbonyl (C=O) groups is 1. The summed E-state index contributed by atoms with van der Waals surface area (Å²) in [6, 6.07) is 11.4. The Balaban J connectivity index is 1.59. The van der Waals surface area contributed by atoms with Crippen LogP contribution in [-0.4, -0.2) is 30.5 Å². The highest BCUT2D eigenvalue weighted by Crippen LogP contribution is 2.36. The van der Waals surface area contributed by atoms with Crippen LogP contribution in [0.25, 0.3) is 0 Å². The van der Waals surface area contributed by atoms with Gasteiger partial charge in [-0.1, -0.05) is 24.3 Å². The van der Waals surface area contributed by atoms with E-state index in [-0.39, 0.29) is 30.5 Å². The van der Waals surface area contributed by atoms with Crippen molar-refractivity contribution in [2.45, 2.75) is 19.1 Å². The van der Waals surface area contributed by atoms with E-state index in [1.165, 1.54) is 12.1 Å². The topological polar surface area (TPSA) is 125 Å². The highest BCUT2D eigenvalue weighted by molar-refractivity contribution is 7.92. The summed E-state index contributed by atoms with van der Waals surface area (Å²) >= 11 is 0. The predicted octanol–water partition coefficient (Wildman–Crippen LogP) is 3.72. The first-order valence-corrected chi connectivity index (χ1v) is 11.8. The number of nitrogens with zero attached hydrogens (tertiary/aromatic N) is 2. The molecule has 0 unspecified atom stereocenters. The van der Waals surface area contributed by atoms with Crippen LogP contribution in [-0.2, 0) is 34.0 Å². The second-order valence-corrected chi connectivity index (χ2v) is 9.32. The van der Waals surface area contributed by atoms with Crippen molar-refractivity contribution < 1.29 is 26.4 Å². The van der Waals surface area contributed by atoms with Gasteiger partial charge in [-0.15, -0.1) is 0 Å². The SMILES string of the molecule is CS(=O)(=O)Nc1cccc(CNc2nc(Nc3cccc4c3NC(=O)C4)ncc2C(F)(F)F)c1. The van der Waals surface area contributed by atoms with Crippen molar-refractivity contribution in [3.05, 3.63) is 65.4 Å². The fraction of sp³-hybridized carbons (Fsp3) is 0.190. The lowest BCUT2D eigenvalue weighted by Gasteiger charge is -2.16. The number of fused-ring (bicyclic) bond motifs is 1. The van der Waals surface area contributed by atoms with Crippen LogP contribution in [0, 0.1) is 0 Å². The summed E-state index contributed by atoms with van der Waals surface area (Å²) < 4.78 is 65.8. The molecule has 13 heteroatoms. The maximum absolute atomic E-state index is 13.5. The van der Waals surface area contributed by atoms with Gasteiger partial charge in [-0.05, 0) is 29.3 Å². The molecule has 178 valence electrons. The van der Waals surface area contributed by atoms with Gasteiger partial charge in [-0.3, -0.25) is 9.52 Å². The van der Waals surface area contributed by atoms with Crippen molar-refractivity contribution in [3.63, 3.8) is 0 Å². The zero-order chi connectivity index (χ0) is 24.5. The molecule has 0 saturated carbocycles. The van der Waals surface area contributed by atoms with Gasteiger partial charge < -0.3 is 16.0 Å². The second kappa shape index (κ2) is 8.82. The van der Waals surface area contributed by atoms with E-state index in [9.17, 15) is 26.4 Å². The maximum Gasteiger partial charge on any atom is 0.421 e. The lowest BCUT2D eigenvalue weighted by atomic mass is 10.1. The number of aromatic nitrogens is 2. The molecule has 0 aliphatic carbocycles. The van der Waals surface area contributed by atoms with E-state index in [1.807, 2.05) is 0 Å². The van der Waals surface area contributed by atoms with Gasteiger partial charge >= 0.3 is 6.18 Å². The van der Waals surface area contributed by atoms with Crippen LogP contribution in [0.4, 0.5) is 42.0 Å². The summed E-state index contributed by atoms with van der Waals surface area (Å²) in [5.74, 6) is -0.742. The fourth-order valence-electron chi connectivity index (χ4n) is 3.41. The number of halogens is 3. The first-order valence-electron chi connectivity index (χ1n) is 9.91. The Bertz CT molecular complexity index is 1360. The van der Waals surface area contributed by atoms with Crippen LogP contribution in [0.15, 0.2) is 48.7 Å². The second-order valence-electron chi connectivity index (χ2n) is 7.57. The number of benzene rings is 2. The van der Waals surface area contributed by atoms with Gasteiger partial charge in [0.1, 0.15) is 11.4 Å². The number of alkyl halides is 3. The molecule has 1 aliphatic heterocycles. The van der Waals surface area contributed by atoms with Crippen LogP contribution in [0.3, 0.4) is 0 Å². The Hall–Kier alpha value is -3.87. The van der Waals surface area contributed by atoms with Crippen molar-refractivity contribution >= 4 is 44.8 Å². The number of hydrogen-bond donors (Lipinski definition) is 4. The van der Waals surface area contributed by atoms with Crippen LogP contribution in [0.1, 0.15) is 16.7 Å². The summed E-state index contributed by atoms with van der Waals surface area (Å²) in [7, 11) is -3.50. The molecule has 2 aromatic carbocycles. The predicted molar refractivity (Wildman–Crippen MR) is 121 cm³/mol. The summed E-state index contributed by atoms with van der Waals surface area (Å²) in [5.41, 5.74) is 1.48. The number of hydrogen-bond acceptors (Lipinski definition) is 7. The highest BCUT2D eigenvalue weighted by Gasteiger charge is 2.35. The highest BCUT2D eigenvalue weighted by atomic mass is 32.2. The minimum absolute atomic E-state index is 0.0599. The first-order chi connectivity index (χ1) is 16.0.